The maximum absolute atomic E-state index is 12.9. The van der Waals surface area contributed by atoms with Crippen LogP contribution in [-0.4, -0.2) is 62.9 Å². The molecule has 3 fully saturated rings. The molecule has 170 valence electrons. The van der Waals surface area contributed by atoms with Gasteiger partial charge in [-0.15, -0.1) is 0 Å². The molecule has 0 unspecified atom stereocenters. The summed E-state index contributed by atoms with van der Waals surface area (Å²) in [6, 6.07) is 13.4. The number of benzene rings is 2. The fraction of sp³-hybridized carbons (Fsp3) is 0.480. The highest BCUT2D eigenvalue weighted by Gasteiger charge is 2.35. The largest absolute Gasteiger partial charge is 0.497 e. The van der Waals surface area contributed by atoms with Crippen LogP contribution in [-0.2, 0) is 11.3 Å². The summed E-state index contributed by atoms with van der Waals surface area (Å²) in [6.45, 7) is 4.57. The number of ether oxygens (including phenoxy) is 4. The second-order valence-corrected chi connectivity index (χ2v) is 8.79. The number of rotatable bonds is 7. The zero-order chi connectivity index (χ0) is 21.9. The van der Waals surface area contributed by atoms with E-state index >= 15 is 0 Å². The van der Waals surface area contributed by atoms with Crippen molar-refractivity contribution in [2.75, 3.05) is 40.0 Å². The number of methoxy groups -OCH3 is 1. The van der Waals surface area contributed by atoms with Gasteiger partial charge in [0.2, 0.25) is 0 Å². The summed E-state index contributed by atoms with van der Waals surface area (Å²) >= 11 is 0. The smallest absolute Gasteiger partial charge is 0.251 e. The van der Waals surface area contributed by atoms with Crippen molar-refractivity contribution in [3.8, 4) is 17.2 Å². The quantitative estimate of drug-likeness (QED) is 0.717. The molecule has 6 rings (SSSR count). The third kappa shape index (κ3) is 4.69. The van der Waals surface area contributed by atoms with Crippen LogP contribution in [0.1, 0.15) is 28.8 Å². The summed E-state index contributed by atoms with van der Waals surface area (Å²) < 4.78 is 22.9. The van der Waals surface area contributed by atoms with E-state index in [1.54, 1.807) is 19.2 Å². The number of nitrogens with zero attached hydrogens (tertiary/aromatic N) is 1. The van der Waals surface area contributed by atoms with Gasteiger partial charge in [0.15, 0.2) is 17.6 Å². The minimum Gasteiger partial charge on any atom is -0.497 e. The number of carbonyl (C=O) groups excluding carboxylic acids is 1. The number of amides is 1. The number of nitrogens with one attached hydrogen (secondary N) is 1. The summed E-state index contributed by atoms with van der Waals surface area (Å²) in [5, 5.41) is 3.23. The van der Waals surface area contributed by atoms with Gasteiger partial charge in [0.25, 0.3) is 5.91 Å². The van der Waals surface area contributed by atoms with Crippen LogP contribution in [0.15, 0.2) is 42.5 Å². The molecule has 4 aliphatic rings. The summed E-state index contributed by atoms with van der Waals surface area (Å²) in [6.07, 6.45) is 2.12. The van der Waals surface area contributed by atoms with E-state index in [0.717, 1.165) is 30.9 Å². The van der Waals surface area contributed by atoms with Gasteiger partial charge in [-0.25, -0.2) is 0 Å². The van der Waals surface area contributed by atoms with Crippen LogP contribution in [0.2, 0.25) is 0 Å². The molecule has 0 aromatic heterocycles. The van der Waals surface area contributed by atoms with E-state index in [0.29, 0.717) is 42.8 Å². The topological polar surface area (TPSA) is 69.3 Å². The highest BCUT2D eigenvalue weighted by Crippen LogP contribution is 2.33. The van der Waals surface area contributed by atoms with Gasteiger partial charge in [0, 0.05) is 18.2 Å². The van der Waals surface area contributed by atoms with Gasteiger partial charge < -0.3 is 29.2 Å². The van der Waals surface area contributed by atoms with Crippen molar-refractivity contribution in [3.05, 3.63) is 53.6 Å². The van der Waals surface area contributed by atoms with Crippen LogP contribution >= 0.6 is 0 Å². The van der Waals surface area contributed by atoms with Crippen LogP contribution in [0.4, 0.5) is 0 Å². The minimum absolute atomic E-state index is 0.0481. The second kappa shape index (κ2) is 9.38. The van der Waals surface area contributed by atoms with E-state index in [9.17, 15) is 4.79 Å². The molecular formula is C25H30N2O5. The number of hydrogen-bond donors (Lipinski definition) is 1. The first-order valence-electron chi connectivity index (χ1n) is 11.4. The van der Waals surface area contributed by atoms with Crippen molar-refractivity contribution in [1.82, 2.24) is 10.2 Å². The molecule has 4 aliphatic heterocycles. The lowest BCUT2D eigenvalue weighted by Gasteiger charge is -2.44. The van der Waals surface area contributed by atoms with Crippen molar-refractivity contribution in [3.63, 3.8) is 0 Å². The Labute approximate surface area is 188 Å². The zero-order valence-corrected chi connectivity index (χ0v) is 18.4. The fourth-order valence-corrected chi connectivity index (χ4v) is 4.75. The number of hydrogen-bond acceptors (Lipinski definition) is 6. The SMILES string of the molecule is COc1ccc(COC[C@H]2COc3ccc(C(=O)N[C@H]4CN5CCC4CC5)cc3O2)cc1. The van der Waals surface area contributed by atoms with Gasteiger partial charge in [0.05, 0.1) is 20.3 Å². The molecule has 2 aromatic rings. The van der Waals surface area contributed by atoms with Crippen molar-refractivity contribution < 1.29 is 23.7 Å². The van der Waals surface area contributed by atoms with E-state index in [1.807, 2.05) is 30.3 Å². The summed E-state index contributed by atoms with van der Waals surface area (Å²) in [7, 11) is 1.65. The Bertz CT molecular complexity index is 940. The third-order valence-corrected chi connectivity index (χ3v) is 6.63. The van der Waals surface area contributed by atoms with E-state index in [1.165, 1.54) is 12.8 Å². The molecule has 2 aromatic carbocycles. The average Bonchev–Trinajstić information content (AvgIpc) is 2.85. The molecule has 4 heterocycles. The normalized spacial score (nSPS) is 25.9. The van der Waals surface area contributed by atoms with E-state index < -0.39 is 0 Å². The van der Waals surface area contributed by atoms with Gasteiger partial charge in [-0.3, -0.25) is 4.79 Å². The maximum Gasteiger partial charge on any atom is 0.251 e. The molecule has 0 spiro atoms. The Balaban J connectivity index is 1.15. The summed E-state index contributed by atoms with van der Waals surface area (Å²) in [5.41, 5.74) is 1.67. The predicted octanol–water partition coefficient (Wildman–Crippen LogP) is 2.88. The van der Waals surface area contributed by atoms with Crippen LogP contribution < -0.4 is 19.5 Å². The Morgan fingerprint density at radius 3 is 2.66 bits per heavy atom. The lowest BCUT2D eigenvalue weighted by Crippen LogP contribution is -2.57. The average molecular weight is 439 g/mol. The molecule has 32 heavy (non-hydrogen) atoms. The first-order chi connectivity index (χ1) is 15.7. The molecule has 2 bridgehead atoms. The number of piperidine rings is 3. The Hall–Kier alpha value is -2.77. The maximum atomic E-state index is 12.9. The van der Waals surface area contributed by atoms with Crippen LogP contribution in [0.5, 0.6) is 17.2 Å². The van der Waals surface area contributed by atoms with Crippen molar-refractivity contribution in [2.24, 2.45) is 5.92 Å². The molecule has 0 radical (unpaired) electrons. The molecule has 7 nitrogen and oxygen atoms in total. The van der Waals surface area contributed by atoms with Crippen LogP contribution in [0.3, 0.4) is 0 Å². The Morgan fingerprint density at radius 1 is 1.12 bits per heavy atom. The van der Waals surface area contributed by atoms with Gasteiger partial charge >= 0.3 is 0 Å². The predicted molar refractivity (Wildman–Crippen MR) is 119 cm³/mol. The van der Waals surface area contributed by atoms with Gasteiger partial charge in [-0.2, -0.15) is 0 Å². The lowest BCUT2D eigenvalue weighted by atomic mass is 9.84. The van der Waals surface area contributed by atoms with Crippen molar-refractivity contribution >= 4 is 5.91 Å². The third-order valence-electron chi connectivity index (χ3n) is 6.63. The van der Waals surface area contributed by atoms with Crippen LogP contribution in [0, 0.1) is 5.92 Å². The standard InChI is InChI=1S/C25H30N2O5/c1-29-20-5-2-17(3-6-20)14-30-15-21-16-31-23-7-4-19(12-24(23)32-21)25(28)26-22-13-27-10-8-18(22)9-11-27/h2-7,12,18,21-22H,8-11,13-16H2,1H3,(H,26,28)/t21-,22-/m0/s1. The molecule has 0 aliphatic carbocycles. The molecule has 2 atom stereocenters. The summed E-state index contributed by atoms with van der Waals surface area (Å²) in [5.74, 6) is 2.62. The highest BCUT2D eigenvalue weighted by molar-refractivity contribution is 5.95. The van der Waals surface area contributed by atoms with Gasteiger partial charge in [-0.05, 0) is 67.7 Å². The molecule has 3 saturated heterocycles. The second-order valence-electron chi connectivity index (χ2n) is 8.79. The monoisotopic (exact) mass is 438 g/mol. The summed E-state index contributed by atoms with van der Waals surface area (Å²) in [4.78, 5) is 15.3. The van der Waals surface area contributed by atoms with E-state index in [-0.39, 0.29) is 18.1 Å². The van der Waals surface area contributed by atoms with Crippen LogP contribution in [0.25, 0.3) is 0 Å². The van der Waals surface area contributed by atoms with Gasteiger partial charge in [-0.1, -0.05) is 12.1 Å². The number of carbonyl (C=O) groups is 1. The Morgan fingerprint density at radius 2 is 1.94 bits per heavy atom. The molecule has 7 heteroatoms. The van der Waals surface area contributed by atoms with E-state index in [4.69, 9.17) is 18.9 Å². The van der Waals surface area contributed by atoms with Crippen molar-refractivity contribution in [1.29, 1.82) is 0 Å². The van der Waals surface area contributed by atoms with E-state index in [2.05, 4.69) is 10.2 Å². The number of fused-ring (bicyclic) bond motifs is 4. The lowest BCUT2D eigenvalue weighted by molar-refractivity contribution is 0.00265. The molecule has 0 saturated carbocycles. The van der Waals surface area contributed by atoms with Crippen molar-refractivity contribution in [2.45, 2.75) is 31.6 Å². The minimum atomic E-state index is -0.221. The fourth-order valence-electron chi connectivity index (χ4n) is 4.75. The highest BCUT2D eigenvalue weighted by atomic mass is 16.6. The zero-order valence-electron chi connectivity index (χ0n) is 18.4. The first kappa shape index (κ1) is 21.1. The first-order valence-corrected chi connectivity index (χ1v) is 11.4. The molecule has 1 amide bonds. The van der Waals surface area contributed by atoms with Gasteiger partial charge in [0.1, 0.15) is 12.4 Å². The molecular weight excluding hydrogens is 408 g/mol. The molecule has 1 N–H and O–H groups in total. The Kier molecular flexibility index (Phi) is 6.19.